The first-order chi connectivity index (χ1) is 9.58. The van der Waals surface area contributed by atoms with Crippen molar-refractivity contribution in [2.24, 2.45) is 0 Å². The molecular weight excluding hydrogens is 372 g/mol. The summed E-state index contributed by atoms with van der Waals surface area (Å²) in [7, 11) is 0. The number of amides is 1. The molecule has 4 nitrogen and oxygen atoms in total. The molecule has 2 aromatic rings. The van der Waals surface area contributed by atoms with Crippen LogP contribution in [0.1, 0.15) is 18.5 Å². The maximum Gasteiger partial charge on any atom is 0.244 e. The van der Waals surface area contributed by atoms with Crippen LogP contribution in [0.15, 0.2) is 36.7 Å². The molecule has 0 spiro atoms. The van der Waals surface area contributed by atoms with Crippen LogP contribution in [0, 0.1) is 9.39 Å². The molecule has 0 aliphatic heterocycles. The van der Waals surface area contributed by atoms with Crippen molar-refractivity contribution in [3.63, 3.8) is 0 Å². The second-order valence-corrected chi connectivity index (χ2v) is 5.69. The van der Waals surface area contributed by atoms with Gasteiger partial charge in [0.15, 0.2) is 0 Å². The van der Waals surface area contributed by atoms with Gasteiger partial charge in [0.05, 0.1) is 9.77 Å². The van der Waals surface area contributed by atoms with Gasteiger partial charge in [-0.1, -0.05) is 18.2 Å². The summed E-state index contributed by atoms with van der Waals surface area (Å²) in [5.41, 5.74) is 0.606. The van der Waals surface area contributed by atoms with Crippen molar-refractivity contribution in [1.29, 1.82) is 0 Å². The number of carbonyl (C=O) groups excluding carboxylic acids is 1. The smallest absolute Gasteiger partial charge is 0.244 e. The van der Waals surface area contributed by atoms with E-state index in [2.05, 4.69) is 33.0 Å². The predicted octanol–water partition coefficient (Wildman–Crippen LogP) is 2.55. The molecule has 0 fully saturated rings. The molecule has 106 valence electrons. The normalized spacial score (nSPS) is 12.2. The summed E-state index contributed by atoms with van der Waals surface area (Å²) in [5.74, 6) is -0.364. The summed E-state index contributed by atoms with van der Waals surface area (Å²) in [6.45, 7) is 2.18. The first-order valence-corrected chi connectivity index (χ1v) is 7.36. The van der Waals surface area contributed by atoms with Crippen LogP contribution in [0.25, 0.3) is 0 Å². The van der Waals surface area contributed by atoms with E-state index in [0.717, 1.165) is 3.57 Å². The Morgan fingerprint density at radius 3 is 2.90 bits per heavy atom. The van der Waals surface area contributed by atoms with Crippen LogP contribution in [-0.2, 0) is 11.2 Å². The van der Waals surface area contributed by atoms with Crippen LogP contribution in [0.2, 0.25) is 0 Å². The van der Waals surface area contributed by atoms with Crippen molar-refractivity contribution < 1.29 is 9.18 Å². The highest BCUT2D eigenvalue weighted by Gasteiger charge is 2.15. The predicted molar refractivity (Wildman–Crippen MR) is 82.8 cm³/mol. The van der Waals surface area contributed by atoms with E-state index in [9.17, 15) is 9.18 Å². The molecule has 1 aromatic heterocycles. The topological polar surface area (TPSA) is 46.9 Å². The summed E-state index contributed by atoms with van der Waals surface area (Å²) >= 11 is 2.14. The molecule has 2 rings (SSSR count). The average molecular weight is 387 g/mol. The summed E-state index contributed by atoms with van der Waals surface area (Å²) < 4.78 is 16.0. The molecule has 1 amide bonds. The Morgan fingerprint density at radius 1 is 1.50 bits per heavy atom. The Labute approximate surface area is 130 Å². The minimum Gasteiger partial charge on any atom is -0.354 e. The van der Waals surface area contributed by atoms with Crippen molar-refractivity contribution in [1.82, 2.24) is 15.1 Å². The van der Waals surface area contributed by atoms with Gasteiger partial charge in [-0.25, -0.2) is 4.39 Å². The van der Waals surface area contributed by atoms with Crippen LogP contribution in [0.5, 0.6) is 0 Å². The van der Waals surface area contributed by atoms with E-state index >= 15 is 0 Å². The number of halogens is 2. The lowest BCUT2D eigenvalue weighted by molar-refractivity contribution is -0.124. The molecule has 0 saturated heterocycles. The monoisotopic (exact) mass is 387 g/mol. The third-order valence-electron chi connectivity index (χ3n) is 3.00. The molecule has 1 unspecified atom stereocenters. The fourth-order valence-electron chi connectivity index (χ4n) is 1.82. The van der Waals surface area contributed by atoms with Crippen molar-refractivity contribution in [2.45, 2.75) is 19.4 Å². The Balaban J connectivity index is 1.85. The average Bonchev–Trinajstić information content (AvgIpc) is 2.86. The van der Waals surface area contributed by atoms with Gasteiger partial charge in [-0.15, -0.1) is 0 Å². The molecular formula is C14H15FIN3O. The fourth-order valence-corrected chi connectivity index (χ4v) is 2.23. The number of rotatable bonds is 5. The van der Waals surface area contributed by atoms with Crippen LogP contribution in [-0.4, -0.2) is 22.2 Å². The van der Waals surface area contributed by atoms with Crippen molar-refractivity contribution in [3.8, 4) is 0 Å². The lowest BCUT2D eigenvalue weighted by Crippen LogP contribution is -2.32. The number of nitrogens with one attached hydrogen (secondary N) is 1. The molecule has 1 N–H and O–H groups in total. The van der Waals surface area contributed by atoms with Crippen LogP contribution in [0.3, 0.4) is 0 Å². The van der Waals surface area contributed by atoms with E-state index < -0.39 is 0 Å². The van der Waals surface area contributed by atoms with Gasteiger partial charge in [-0.2, -0.15) is 5.10 Å². The third-order valence-corrected chi connectivity index (χ3v) is 3.55. The van der Waals surface area contributed by atoms with Crippen molar-refractivity contribution in [3.05, 3.63) is 51.6 Å². The van der Waals surface area contributed by atoms with Crippen LogP contribution >= 0.6 is 22.6 Å². The Hall–Kier alpha value is -1.44. The van der Waals surface area contributed by atoms with E-state index in [1.807, 2.05) is 6.20 Å². The lowest BCUT2D eigenvalue weighted by atomic mass is 10.1. The van der Waals surface area contributed by atoms with Gasteiger partial charge in [0, 0.05) is 12.7 Å². The quantitative estimate of drug-likeness (QED) is 0.802. The molecule has 20 heavy (non-hydrogen) atoms. The number of nitrogens with zero attached hydrogens (tertiary/aromatic N) is 2. The molecule has 0 aliphatic carbocycles. The fraction of sp³-hybridized carbons (Fsp3) is 0.286. The summed E-state index contributed by atoms with van der Waals surface area (Å²) in [6, 6.07) is 6.21. The third kappa shape index (κ3) is 3.78. The Kier molecular flexibility index (Phi) is 5.11. The van der Waals surface area contributed by atoms with Crippen LogP contribution in [0.4, 0.5) is 4.39 Å². The maximum absolute atomic E-state index is 13.4. The Bertz CT molecular complexity index is 600. The summed E-state index contributed by atoms with van der Waals surface area (Å²) in [5, 5.41) is 6.90. The minimum atomic E-state index is -0.376. The van der Waals surface area contributed by atoms with Gasteiger partial charge in [0.2, 0.25) is 5.91 Å². The number of carbonyl (C=O) groups is 1. The summed E-state index contributed by atoms with van der Waals surface area (Å²) in [4.78, 5) is 12.0. The van der Waals surface area contributed by atoms with Gasteiger partial charge in [-0.05, 0) is 47.6 Å². The van der Waals surface area contributed by atoms with Crippen molar-refractivity contribution in [2.75, 3.05) is 6.54 Å². The molecule has 0 bridgehead atoms. The van der Waals surface area contributed by atoms with Gasteiger partial charge < -0.3 is 5.32 Å². The van der Waals surface area contributed by atoms with Gasteiger partial charge >= 0.3 is 0 Å². The first kappa shape index (κ1) is 15.0. The van der Waals surface area contributed by atoms with E-state index in [1.54, 1.807) is 36.0 Å². The molecule has 0 radical (unpaired) electrons. The highest BCUT2D eigenvalue weighted by Crippen LogP contribution is 2.09. The second-order valence-electron chi connectivity index (χ2n) is 4.45. The van der Waals surface area contributed by atoms with Gasteiger partial charge in [0.1, 0.15) is 11.9 Å². The maximum atomic E-state index is 13.4. The van der Waals surface area contributed by atoms with E-state index in [1.165, 1.54) is 6.07 Å². The van der Waals surface area contributed by atoms with E-state index in [0.29, 0.717) is 18.5 Å². The number of hydrogen-bond acceptors (Lipinski definition) is 2. The minimum absolute atomic E-state index is 0.124. The van der Waals surface area contributed by atoms with E-state index in [-0.39, 0.29) is 17.8 Å². The van der Waals surface area contributed by atoms with E-state index in [4.69, 9.17) is 0 Å². The zero-order valence-corrected chi connectivity index (χ0v) is 13.2. The largest absolute Gasteiger partial charge is 0.354 e. The molecule has 0 saturated carbocycles. The van der Waals surface area contributed by atoms with Crippen molar-refractivity contribution >= 4 is 28.5 Å². The number of benzene rings is 1. The van der Waals surface area contributed by atoms with Gasteiger partial charge in [0.25, 0.3) is 0 Å². The number of aromatic nitrogens is 2. The zero-order valence-electron chi connectivity index (χ0n) is 11.0. The lowest BCUT2D eigenvalue weighted by Gasteiger charge is -2.12. The highest BCUT2D eigenvalue weighted by atomic mass is 127. The second kappa shape index (κ2) is 6.83. The summed E-state index contributed by atoms with van der Waals surface area (Å²) in [6.07, 6.45) is 3.98. The molecule has 0 aliphatic rings. The molecule has 1 atom stereocenters. The number of hydrogen-bond donors (Lipinski definition) is 1. The SMILES string of the molecule is CC(C(=O)NCCc1ccccc1F)n1cc(I)cn1. The zero-order chi connectivity index (χ0) is 14.5. The van der Waals surface area contributed by atoms with Crippen LogP contribution < -0.4 is 5.32 Å². The molecule has 1 heterocycles. The molecule has 1 aromatic carbocycles. The highest BCUT2D eigenvalue weighted by molar-refractivity contribution is 14.1. The first-order valence-electron chi connectivity index (χ1n) is 6.28. The molecule has 6 heteroatoms. The van der Waals surface area contributed by atoms with Gasteiger partial charge in [-0.3, -0.25) is 9.48 Å². The Morgan fingerprint density at radius 2 is 2.25 bits per heavy atom. The standard InChI is InChI=1S/C14H15FIN3O/c1-10(19-9-12(16)8-18-19)14(20)17-7-6-11-4-2-3-5-13(11)15/h2-5,8-10H,6-7H2,1H3,(H,17,20).